The maximum absolute atomic E-state index is 13.1. The van der Waals surface area contributed by atoms with Crippen molar-refractivity contribution >= 4 is 27.7 Å². The van der Waals surface area contributed by atoms with Gasteiger partial charge in [0, 0.05) is 34.6 Å². The van der Waals surface area contributed by atoms with E-state index in [1.54, 1.807) is 41.3 Å². The molecule has 2 aromatic carbocycles. The Morgan fingerprint density at radius 2 is 1.68 bits per heavy atom. The molecule has 0 bridgehead atoms. The van der Waals surface area contributed by atoms with Crippen molar-refractivity contribution in [2.75, 3.05) is 13.1 Å². The van der Waals surface area contributed by atoms with Gasteiger partial charge >= 0.3 is 0 Å². The summed E-state index contributed by atoms with van der Waals surface area (Å²) in [5.41, 5.74) is 1.43. The minimum Gasteiger partial charge on any atom is -0.459 e. The summed E-state index contributed by atoms with van der Waals surface area (Å²) in [4.78, 5) is 27.0. The second-order valence-corrected chi connectivity index (χ2v) is 8.48. The summed E-state index contributed by atoms with van der Waals surface area (Å²) in [5, 5.41) is 2.92. The third-order valence-electron chi connectivity index (χ3n) is 5.47. The molecule has 0 atom stereocenters. The second kappa shape index (κ2) is 9.47. The number of carbonyl (C=O) groups excluding carboxylic acids is 2. The number of carbonyl (C=O) groups is 2. The van der Waals surface area contributed by atoms with Gasteiger partial charge in [0.15, 0.2) is 0 Å². The standard InChI is InChI=1S/C24H22BrFN2O3/c25-19-5-1-18(2-6-19)24(30)28-13-11-17(12-14-28)23(29)27-15-21-9-10-22(31-21)16-3-7-20(26)8-4-16/h1-10,17H,11-15H2,(H,27,29). The van der Waals surface area contributed by atoms with Gasteiger partial charge in [0.05, 0.1) is 6.54 Å². The Labute approximate surface area is 188 Å². The van der Waals surface area contributed by atoms with Gasteiger partial charge in [-0.1, -0.05) is 15.9 Å². The molecule has 1 aromatic heterocycles. The molecule has 4 rings (SSSR count). The summed E-state index contributed by atoms with van der Waals surface area (Å²) >= 11 is 3.37. The van der Waals surface area contributed by atoms with Gasteiger partial charge in [-0.05, 0) is 73.5 Å². The predicted molar refractivity (Wildman–Crippen MR) is 119 cm³/mol. The number of hydrogen-bond acceptors (Lipinski definition) is 3. The smallest absolute Gasteiger partial charge is 0.253 e. The molecule has 1 aliphatic heterocycles. The molecule has 0 spiro atoms. The Morgan fingerprint density at radius 3 is 2.35 bits per heavy atom. The van der Waals surface area contributed by atoms with Crippen molar-refractivity contribution in [2.45, 2.75) is 19.4 Å². The second-order valence-electron chi connectivity index (χ2n) is 7.56. The highest BCUT2D eigenvalue weighted by Gasteiger charge is 2.27. The first-order chi connectivity index (χ1) is 15.0. The van der Waals surface area contributed by atoms with Crippen molar-refractivity contribution in [3.8, 4) is 11.3 Å². The molecule has 0 saturated carbocycles. The van der Waals surface area contributed by atoms with E-state index in [0.717, 1.165) is 10.0 Å². The summed E-state index contributed by atoms with van der Waals surface area (Å²) < 4.78 is 19.8. The van der Waals surface area contributed by atoms with Gasteiger partial charge in [0.25, 0.3) is 5.91 Å². The van der Waals surface area contributed by atoms with Crippen LogP contribution in [-0.2, 0) is 11.3 Å². The van der Waals surface area contributed by atoms with Crippen molar-refractivity contribution in [3.05, 3.63) is 82.3 Å². The molecule has 0 unspecified atom stereocenters. The first-order valence-corrected chi connectivity index (χ1v) is 11.0. The van der Waals surface area contributed by atoms with E-state index in [0.29, 0.717) is 43.0 Å². The van der Waals surface area contributed by atoms with Gasteiger partial charge in [-0.2, -0.15) is 0 Å². The van der Waals surface area contributed by atoms with E-state index in [9.17, 15) is 14.0 Å². The number of amides is 2. The fourth-order valence-corrected chi connectivity index (χ4v) is 3.94. The molecule has 3 aromatic rings. The molecule has 7 heteroatoms. The SMILES string of the molecule is O=C(NCc1ccc(-c2ccc(F)cc2)o1)C1CCN(C(=O)c2ccc(Br)cc2)CC1. The molecule has 31 heavy (non-hydrogen) atoms. The number of hydrogen-bond donors (Lipinski definition) is 1. The zero-order chi connectivity index (χ0) is 21.8. The lowest BCUT2D eigenvalue weighted by molar-refractivity contribution is -0.126. The van der Waals surface area contributed by atoms with Crippen LogP contribution in [0.3, 0.4) is 0 Å². The number of furan rings is 1. The number of halogens is 2. The van der Waals surface area contributed by atoms with Crippen LogP contribution >= 0.6 is 15.9 Å². The van der Waals surface area contributed by atoms with Crippen LogP contribution in [-0.4, -0.2) is 29.8 Å². The van der Waals surface area contributed by atoms with E-state index in [1.165, 1.54) is 12.1 Å². The van der Waals surface area contributed by atoms with Gasteiger partial charge in [-0.15, -0.1) is 0 Å². The van der Waals surface area contributed by atoms with Crippen LogP contribution in [0.25, 0.3) is 11.3 Å². The van der Waals surface area contributed by atoms with Crippen molar-refractivity contribution < 1.29 is 18.4 Å². The average Bonchev–Trinajstić information content (AvgIpc) is 3.27. The molecule has 160 valence electrons. The highest BCUT2D eigenvalue weighted by molar-refractivity contribution is 9.10. The summed E-state index contributed by atoms with van der Waals surface area (Å²) in [6.07, 6.45) is 1.26. The van der Waals surface area contributed by atoms with E-state index in [1.807, 2.05) is 12.1 Å². The van der Waals surface area contributed by atoms with Crippen LogP contribution < -0.4 is 5.32 Å². The monoisotopic (exact) mass is 484 g/mol. The maximum atomic E-state index is 13.1. The Morgan fingerprint density at radius 1 is 1.00 bits per heavy atom. The lowest BCUT2D eigenvalue weighted by Gasteiger charge is -2.31. The molecular weight excluding hydrogens is 463 g/mol. The van der Waals surface area contributed by atoms with Crippen LogP contribution in [0.2, 0.25) is 0 Å². The maximum Gasteiger partial charge on any atom is 0.253 e. The predicted octanol–water partition coefficient (Wildman–Crippen LogP) is 5.02. The number of nitrogens with zero attached hydrogens (tertiary/aromatic N) is 1. The lowest BCUT2D eigenvalue weighted by atomic mass is 9.95. The van der Waals surface area contributed by atoms with E-state index >= 15 is 0 Å². The Bertz CT molecular complexity index is 1060. The lowest BCUT2D eigenvalue weighted by Crippen LogP contribution is -2.42. The number of rotatable bonds is 5. The van der Waals surface area contributed by atoms with Crippen LogP contribution in [0, 0.1) is 11.7 Å². The van der Waals surface area contributed by atoms with Gasteiger partial charge in [0.2, 0.25) is 5.91 Å². The Hall–Kier alpha value is -2.93. The molecule has 5 nitrogen and oxygen atoms in total. The minimum absolute atomic E-state index is 0.00438. The van der Waals surface area contributed by atoms with Gasteiger partial charge < -0.3 is 14.6 Å². The third kappa shape index (κ3) is 5.22. The first kappa shape index (κ1) is 21.3. The Balaban J connectivity index is 1.26. The average molecular weight is 485 g/mol. The molecule has 2 amide bonds. The summed E-state index contributed by atoms with van der Waals surface area (Å²) in [6.45, 7) is 1.41. The van der Waals surface area contributed by atoms with Crippen LogP contribution in [0.1, 0.15) is 29.0 Å². The van der Waals surface area contributed by atoms with Crippen molar-refractivity contribution in [2.24, 2.45) is 5.92 Å². The van der Waals surface area contributed by atoms with Crippen molar-refractivity contribution in [3.63, 3.8) is 0 Å². The van der Waals surface area contributed by atoms with E-state index < -0.39 is 0 Å². The largest absolute Gasteiger partial charge is 0.459 e. The zero-order valence-electron chi connectivity index (χ0n) is 16.8. The van der Waals surface area contributed by atoms with E-state index in [-0.39, 0.29) is 30.1 Å². The molecule has 1 saturated heterocycles. The minimum atomic E-state index is -0.299. The summed E-state index contributed by atoms with van der Waals surface area (Å²) in [5.74, 6) is 0.804. The van der Waals surface area contributed by atoms with Gasteiger partial charge in [-0.3, -0.25) is 9.59 Å². The molecular formula is C24H22BrFN2O3. The number of piperidine rings is 1. The Kier molecular flexibility index (Phi) is 6.51. The van der Waals surface area contributed by atoms with Gasteiger partial charge in [-0.25, -0.2) is 4.39 Å². The number of likely N-dealkylation sites (tertiary alicyclic amines) is 1. The quantitative estimate of drug-likeness (QED) is 0.553. The molecule has 0 aliphatic carbocycles. The molecule has 1 aliphatic rings. The molecule has 1 fully saturated rings. The fourth-order valence-electron chi connectivity index (χ4n) is 3.68. The summed E-state index contributed by atoms with van der Waals surface area (Å²) in [7, 11) is 0. The highest BCUT2D eigenvalue weighted by atomic mass is 79.9. The van der Waals surface area contributed by atoms with Crippen LogP contribution in [0.15, 0.2) is 69.6 Å². The number of nitrogens with one attached hydrogen (secondary N) is 1. The topological polar surface area (TPSA) is 62.6 Å². The zero-order valence-corrected chi connectivity index (χ0v) is 18.4. The van der Waals surface area contributed by atoms with Gasteiger partial charge in [0.1, 0.15) is 17.3 Å². The van der Waals surface area contributed by atoms with E-state index in [4.69, 9.17) is 4.42 Å². The molecule has 0 radical (unpaired) electrons. The molecule has 1 N–H and O–H groups in total. The van der Waals surface area contributed by atoms with Crippen LogP contribution in [0.4, 0.5) is 4.39 Å². The highest BCUT2D eigenvalue weighted by Crippen LogP contribution is 2.23. The first-order valence-electron chi connectivity index (χ1n) is 10.2. The normalized spacial score (nSPS) is 14.5. The number of benzene rings is 2. The van der Waals surface area contributed by atoms with Crippen LogP contribution in [0.5, 0.6) is 0 Å². The van der Waals surface area contributed by atoms with E-state index in [2.05, 4.69) is 21.2 Å². The van der Waals surface area contributed by atoms with Crippen molar-refractivity contribution in [1.82, 2.24) is 10.2 Å². The van der Waals surface area contributed by atoms with Crippen molar-refractivity contribution in [1.29, 1.82) is 0 Å². The summed E-state index contributed by atoms with van der Waals surface area (Å²) in [6, 6.07) is 17.0. The third-order valence-corrected chi connectivity index (χ3v) is 6.00. The fraction of sp³-hybridized carbons (Fsp3) is 0.250. The molecule has 2 heterocycles.